The molecular formula is C29H31FN8O. The predicted octanol–water partition coefficient (Wildman–Crippen LogP) is 3.65. The van der Waals surface area contributed by atoms with Gasteiger partial charge in [-0.2, -0.15) is 9.97 Å². The van der Waals surface area contributed by atoms with Gasteiger partial charge in [0.1, 0.15) is 22.8 Å². The van der Waals surface area contributed by atoms with E-state index < -0.39 is 5.82 Å². The Balaban J connectivity index is 1.54. The van der Waals surface area contributed by atoms with Crippen molar-refractivity contribution in [2.24, 2.45) is 0 Å². The Morgan fingerprint density at radius 3 is 2.54 bits per heavy atom. The van der Waals surface area contributed by atoms with Crippen molar-refractivity contribution in [3.8, 4) is 17.0 Å². The molecule has 0 spiro atoms. The Hall–Kier alpha value is -4.15. The monoisotopic (exact) mass is 526 g/mol. The summed E-state index contributed by atoms with van der Waals surface area (Å²) in [6, 6.07) is 12.6. The second-order valence-electron chi connectivity index (χ2n) is 10.2. The molecule has 5 aromatic rings. The fraction of sp³-hybridized carbons (Fsp3) is 0.310. The summed E-state index contributed by atoms with van der Waals surface area (Å²) in [6.45, 7) is 4.90. The van der Waals surface area contributed by atoms with Gasteiger partial charge in [0, 0.05) is 63.5 Å². The number of fused-ring (bicyclic) bond motifs is 3. The lowest BCUT2D eigenvalue weighted by Gasteiger charge is -2.30. The molecule has 10 heteroatoms. The number of phenols is 1. The van der Waals surface area contributed by atoms with Gasteiger partial charge < -0.3 is 25.1 Å². The van der Waals surface area contributed by atoms with E-state index >= 15 is 4.39 Å². The Morgan fingerprint density at radius 1 is 0.949 bits per heavy atom. The third-order valence-corrected chi connectivity index (χ3v) is 7.18. The number of pyridine rings is 2. The number of hydrogen-bond donors (Lipinski definition) is 2. The first-order valence-corrected chi connectivity index (χ1v) is 13.1. The van der Waals surface area contributed by atoms with Crippen molar-refractivity contribution in [1.82, 2.24) is 30.2 Å². The zero-order chi connectivity index (χ0) is 27.1. The van der Waals surface area contributed by atoms with Crippen molar-refractivity contribution in [2.75, 3.05) is 70.2 Å². The van der Waals surface area contributed by atoms with Crippen molar-refractivity contribution in [2.45, 2.75) is 0 Å². The number of nitrogens with zero attached hydrogens (tertiary/aromatic N) is 7. The molecule has 0 atom stereocenters. The SMILES string of the molecule is CN(C)CCN(C)c1nc(N2CCNCC2)c2cc3cnc(-c4cc(O)cc5ccccc45)c(F)c3nc2n1. The molecule has 2 N–H and O–H groups in total. The molecular weight excluding hydrogens is 495 g/mol. The molecule has 2 aromatic carbocycles. The molecule has 1 fully saturated rings. The zero-order valence-electron chi connectivity index (χ0n) is 22.3. The number of benzene rings is 2. The highest BCUT2D eigenvalue weighted by Gasteiger charge is 2.22. The lowest BCUT2D eigenvalue weighted by Crippen LogP contribution is -2.44. The van der Waals surface area contributed by atoms with E-state index in [1.54, 1.807) is 18.3 Å². The summed E-state index contributed by atoms with van der Waals surface area (Å²) in [7, 11) is 6.01. The fourth-order valence-corrected chi connectivity index (χ4v) is 5.04. The summed E-state index contributed by atoms with van der Waals surface area (Å²) >= 11 is 0. The summed E-state index contributed by atoms with van der Waals surface area (Å²) in [5.41, 5.74) is 1.28. The molecule has 200 valence electrons. The van der Waals surface area contributed by atoms with Crippen LogP contribution in [0.15, 0.2) is 48.7 Å². The van der Waals surface area contributed by atoms with E-state index in [1.165, 1.54) is 0 Å². The van der Waals surface area contributed by atoms with Gasteiger partial charge in [0.2, 0.25) is 5.95 Å². The standard InChI is InChI=1S/C29H31FN8O/c1-36(2)12-13-37(3)29-34-27-23(28(35-29)38-10-8-31-9-11-38)15-19-17-32-26(24(30)25(19)33-27)22-16-20(39)14-18-6-4-5-7-21(18)22/h4-7,14-17,31,39H,8-13H2,1-3H3. The van der Waals surface area contributed by atoms with Gasteiger partial charge in [0.15, 0.2) is 11.5 Å². The van der Waals surface area contributed by atoms with Crippen molar-refractivity contribution in [3.63, 3.8) is 0 Å². The molecule has 1 aliphatic rings. The van der Waals surface area contributed by atoms with Crippen LogP contribution in [0.5, 0.6) is 5.75 Å². The van der Waals surface area contributed by atoms with Crippen molar-refractivity contribution >= 4 is 44.5 Å². The first-order valence-electron chi connectivity index (χ1n) is 13.1. The molecule has 0 amide bonds. The van der Waals surface area contributed by atoms with Crippen LogP contribution >= 0.6 is 0 Å². The Bertz CT molecular complexity index is 1690. The highest BCUT2D eigenvalue weighted by Crippen LogP contribution is 2.36. The van der Waals surface area contributed by atoms with Crippen molar-refractivity contribution in [3.05, 3.63) is 54.5 Å². The normalized spacial score (nSPS) is 14.1. The zero-order valence-corrected chi connectivity index (χ0v) is 22.3. The Labute approximate surface area is 225 Å². The van der Waals surface area contributed by atoms with Crippen molar-refractivity contribution in [1.29, 1.82) is 0 Å². The minimum absolute atomic E-state index is 0.0512. The largest absolute Gasteiger partial charge is 0.508 e. The van der Waals surface area contributed by atoms with E-state index in [-0.39, 0.29) is 17.0 Å². The summed E-state index contributed by atoms with van der Waals surface area (Å²) in [5.74, 6) is 0.856. The van der Waals surface area contributed by atoms with E-state index in [9.17, 15) is 5.11 Å². The minimum Gasteiger partial charge on any atom is -0.508 e. The highest BCUT2D eigenvalue weighted by atomic mass is 19.1. The van der Waals surface area contributed by atoms with Crippen LogP contribution in [-0.4, -0.2) is 90.4 Å². The van der Waals surface area contributed by atoms with E-state index in [1.807, 2.05) is 56.4 Å². The van der Waals surface area contributed by atoms with Crippen LogP contribution in [0, 0.1) is 5.82 Å². The Kier molecular flexibility index (Phi) is 6.58. The van der Waals surface area contributed by atoms with Crippen molar-refractivity contribution < 1.29 is 9.50 Å². The van der Waals surface area contributed by atoms with Crippen LogP contribution in [0.25, 0.3) is 44.0 Å². The lowest BCUT2D eigenvalue weighted by atomic mass is 10.00. The number of halogens is 1. The molecule has 6 rings (SSSR count). The highest BCUT2D eigenvalue weighted by molar-refractivity contribution is 6.01. The average molecular weight is 527 g/mol. The van der Waals surface area contributed by atoms with E-state index in [0.29, 0.717) is 22.5 Å². The molecule has 3 aromatic heterocycles. The molecule has 1 saturated heterocycles. The van der Waals surface area contributed by atoms with Gasteiger partial charge in [-0.05, 0) is 43.1 Å². The van der Waals surface area contributed by atoms with Crippen LogP contribution in [0.4, 0.5) is 16.2 Å². The molecule has 0 saturated carbocycles. The Morgan fingerprint density at radius 2 is 1.74 bits per heavy atom. The number of likely N-dealkylation sites (N-methyl/N-ethyl adjacent to an activating group) is 2. The summed E-state index contributed by atoms with van der Waals surface area (Å²) in [5, 5.41) is 16.7. The van der Waals surface area contributed by atoms with Gasteiger partial charge in [-0.1, -0.05) is 24.3 Å². The van der Waals surface area contributed by atoms with Gasteiger partial charge in [0.05, 0.1) is 5.39 Å². The van der Waals surface area contributed by atoms with Crippen LogP contribution < -0.4 is 15.1 Å². The molecule has 1 aliphatic heterocycles. The van der Waals surface area contributed by atoms with Gasteiger partial charge >= 0.3 is 0 Å². The summed E-state index contributed by atoms with van der Waals surface area (Å²) in [4.78, 5) is 25.3. The van der Waals surface area contributed by atoms with Gasteiger partial charge in [0.25, 0.3) is 0 Å². The van der Waals surface area contributed by atoms with Gasteiger partial charge in [-0.3, -0.25) is 4.98 Å². The third kappa shape index (κ3) is 4.77. The van der Waals surface area contributed by atoms with Crippen LogP contribution in [0.1, 0.15) is 0 Å². The molecule has 39 heavy (non-hydrogen) atoms. The topological polar surface area (TPSA) is 93.5 Å². The lowest BCUT2D eigenvalue weighted by molar-refractivity contribution is 0.415. The molecule has 9 nitrogen and oxygen atoms in total. The van der Waals surface area contributed by atoms with E-state index in [4.69, 9.17) is 15.0 Å². The smallest absolute Gasteiger partial charge is 0.229 e. The second-order valence-corrected chi connectivity index (χ2v) is 10.2. The minimum atomic E-state index is -0.546. The second kappa shape index (κ2) is 10.2. The quantitative estimate of drug-likeness (QED) is 0.322. The first-order chi connectivity index (χ1) is 18.9. The molecule has 0 unspecified atom stereocenters. The summed E-state index contributed by atoms with van der Waals surface area (Å²) < 4.78 is 16.2. The molecule has 4 heterocycles. The summed E-state index contributed by atoms with van der Waals surface area (Å²) in [6.07, 6.45) is 1.64. The van der Waals surface area contributed by atoms with Crippen LogP contribution in [-0.2, 0) is 0 Å². The number of anilines is 2. The third-order valence-electron chi connectivity index (χ3n) is 7.18. The maximum atomic E-state index is 16.2. The number of aromatic nitrogens is 4. The number of rotatable bonds is 6. The van der Waals surface area contributed by atoms with Crippen LogP contribution in [0.3, 0.4) is 0 Å². The number of nitrogens with one attached hydrogen (secondary N) is 1. The van der Waals surface area contributed by atoms with E-state index in [2.05, 4.69) is 20.1 Å². The molecule has 0 radical (unpaired) electrons. The fourth-order valence-electron chi connectivity index (χ4n) is 5.04. The molecule has 0 aliphatic carbocycles. The number of phenolic OH excluding ortho intramolecular Hbond substituents is 1. The molecule has 0 bridgehead atoms. The average Bonchev–Trinajstić information content (AvgIpc) is 2.95. The maximum absolute atomic E-state index is 16.2. The van der Waals surface area contributed by atoms with Gasteiger partial charge in [-0.25, -0.2) is 9.37 Å². The maximum Gasteiger partial charge on any atom is 0.229 e. The number of aromatic hydroxyl groups is 1. The van der Waals surface area contributed by atoms with Crippen LogP contribution in [0.2, 0.25) is 0 Å². The number of hydrogen-bond acceptors (Lipinski definition) is 9. The first kappa shape index (κ1) is 25.1. The van der Waals surface area contributed by atoms with E-state index in [0.717, 1.165) is 61.2 Å². The van der Waals surface area contributed by atoms with Gasteiger partial charge in [-0.15, -0.1) is 0 Å². The predicted molar refractivity (Wildman–Crippen MR) is 154 cm³/mol. The number of piperazine rings is 1.